The summed E-state index contributed by atoms with van der Waals surface area (Å²) in [5.41, 5.74) is 1.48. The van der Waals surface area contributed by atoms with E-state index in [2.05, 4.69) is 35.6 Å². The van der Waals surface area contributed by atoms with Gasteiger partial charge in [0, 0.05) is 0 Å². The molecule has 1 aromatic rings. The molecule has 0 amide bonds. The zero-order valence-electron chi connectivity index (χ0n) is 10.5. The molecular formula is C15H25N. The first kappa shape index (κ1) is 13.2. The maximum Gasteiger partial charge on any atom is -0.00519 e. The zero-order valence-corrected chi connectivity index (χ0v) is 10.5. The van der Waals surface area contributed by atoms with Crippen molar-refractivity contribution in [2.75, 3.05) is 13.6 Å². The van der Waals surface area contributed by atoms with Gasteiger partial charge in [0.2, 0.25) is 0 Å². The van der Waals surface area contributed by atoms with Crippen LogP contribution in [0.4, 0.5) is 0 Å². The van der Waals surface area contributed by atoms with Crippen LogP contribution < -0.4 is 5.32 Å². The Morgan fingerprint density at radius 1 is 0.812 bits per heavy atom. The molecule has 0 aliphatic heterocycles. The van der Waals surface area contributed by atoms with Gasteiger partial charge < -0.3 is 5.32 Å². The van der Waals surface area contributed by atoms with Crippen LogP contribution in [0.25, 0.3) is 0 Å². The molecule has 0 unspecified atom stereocenters. The molecule has 0 spiro atoms. The van der Waals surface area contributed by atoms with Gasteiger partial charge in [-0.1, -0.05) is 56.0 Å². The predicted octanol–water partition coefficient (Wildman–Crippen LogP) is 3.79. The van der Waals surface area contributed by atoms with Crippen LogP contribution in [-0.4, -0.2) is 13.6 Å². The topological polar surface area (TPSA) is 12.0 Å². The van der Waals surface area contributed by atoms with Gasteiger partial charge in [0.1, 0.15) is 0 Å². The SMILES string of the molecule is CNCCCCCCCCc1ccccc1. The summed E-state index contributed by atoms with van der Waals surface area (Å²) in [6, 6.07) is 10.8. The molecule has 0 radical (unpaired) electrons. The van der Waals surface area contributed by atoms with Crippen molar-refractivity contribution in [2.24, 2.45) is 0 Å². The van der Waals surface area contributed by atoms with Crippen molar-refractivity contribution in [3.05, 3.63) is 35.9 Å². The van der Waals surface area contributed by atoms with Crippen LogP contribution in [0.5, 0.6) is 0 Å². The number of benzene rings is 1. The Morgan fingerprint density at radius 2 is 1.44 bits per heavy atom. The molecule has 0 atom stereocenters. The molecule has 0 saturated carbocycles. The molecule has 90 valence electrons. The highest BCUT2D eigenvalue weighted by atomic mass is 14.8. The summed E-state index contributed by atoms with van der Waals surface area (Å²) in [7, 11) is 2.03. The first-order valence-electron chi connectivity index (χ1n) is 6.62. The van der Waals surface area contributed by atoms with Gasteiger partial charge in [-0.3, -0.25) is 0 Å². The van der Waals surface area contributed by atoms with E-state index in [1.165, 1.54) is 57.1 Å². The molecule has 16 heavy (non-hydrogen) atoms. The van der Waals surface area contributed by atoms with Gasteiger partial charge in [-0.05, 0) is 38.4 Å². The van der Waals surface area contributed by atoms with Crippen molar-refractivity contribution in [3.8, 4) is 0 Å². The highest BCUT2D eigenvalue weighted by molar-refractivity contribution is 5.14. The average Bonchev–Trinajstić information content (AvgIpc) is 2.34. The van der Waals surface area contributed by atoms with Gasteiger partial charge in [-0.15, -0.1) is 0 Å². The molecule has 1 heteroatoms. The van der Waals surface area contributed by atoms with Crippen LogP contribution in [0, 0.1) is 0 Å². The number of hydrogen-bond acceptors (Lipinski definition) is 1. The van der Waals surface area contributed by atoms with Gasteiger partial charge in [0.05, 0.1) is 0 Å². The van der Waals surface area contributed by atoms with Crippen LogP contribution in [0.2, 0.25) is 0 Å². The maximum absolute atomic E-state index is 3.19. The lowest BCUT2D eigenvalue weighted by molar-refractivity contribution is 0.582. The molecule has 0 bridgehead atoms. The number of unbranched alkanes of at least 4 members (excludes halogenated alkanes) is 5. The molecule has 1 nitrogen and oxygen atoms in total. The fourth-order valence-corrected chi connectivity index (χ4v) is 1.98. The summed E-state index contributed by atoms with van der Waals surface area (Å²) in [5, 5.41) is 3.19. The van der Waals surface area contributed by atoms with Gasteiger partial charge in [0.25, 0.3) is 0 Å². The van der Waals surface area contributed by atoms with Crippen LogP contribution in [0.1, 0.15) is 44.1 Å². The van der Waals surface area contributed by atoms with Crippen LogP contribution in [0.15, 0.2) is 30.3 Å². The Labute approximate surface area is 100 Å². The summed E-state index contributed by atoms with van der Waals surface area (Å²) in [6.45, 7) is 1.17. The molecule has 0 heterocycles. The summed E-state index contributed by atoms with van der Waals surface area (Å²) < 4.78 is 0. The number of rotatable bonds is 9. The third-order valence-electron chi connectivity index (χ3n) is 2.99. The van der Waals surface area contributed by atoms with E-state index in [1.54, 1.807) is 0 Å². The second-order valence-electron chi connectivity index (χ2n) is 4.46. The Morgan fingerprint density at radius 3 is 2.12 bits per heavy atom. The van der Waals surface area contributed by atoms with E-state index < -0.39 is 0 Å². The third-order valence-corrected chi connectivity index (χ3v) is 2.99. The normalized spacial score (nSPS) is 10.6. The number of nitrogens with one attached hydrogen (secondary N) is 1. The van der Waals surface area contributed by atoms with E-state index in [1.807, 2.05) is 7.05 Å². The standard InChI is InChI=1S/C15H25N/c1-16-14-10-5-3-2-4-7-11-15-12-8-6-9-13-15/h6,8-9,12-13,16H,2-5,7,10-11,14H2,1H3. The minimum atomic E-state index is 1.17. The minimum Gasteiger partial charge on any atom is -0.320 e. The molecule has 1 aromatic carbocycles. The van der Waals surface area contributed by atoms with E-state index >= 15 is 0 Å². The quantitative estimate of drug-likeness (QED) is 0.623. The largest absolute Gasteiger partial charge is 0.320 e. The van der Waals surface area contributed by atoms with Gasteiger partial charge >= 0.3 is 0 Å². The predicted molar refractivity (Wildman–Crippen MR) is 71.8 cm³/mol. The third kappa shape index (κ3) is 6.62. The lowest BCUT2D eigenvalue weighted by Gasteiger charge is -2.02. The second-order valence-corrected chi connectivity index (χ2v) is 4.46. The minimum absolute atomic E-state index is 1.17. The zero-order chi connectivity index (χ0) is 11.5. The van der Waals surface area contributed by atoms with Crippen molar-refractivity contribution < 1.29 is 0 Å². The summed E-state index contributed by atoms with van der Waals surface area (Å²) in [6.07, 6.45) is 9.48. The molecule has 1 rings (SSSR count). The van der Waals surface area contributed by atoms with Crippen molar-refractivity contribution >= 4 is 0 Å². The van der Waals surface area contributed by atoms with Crippen molar-refractivity contribution in [2.45, 2.75) is 44.9 Å². The lowest BCUT2D eigenvalue weighted by Crippen LogP contribution is -2.06. The van der Waals surface area contributed by atoms with Crippen LogP contribution in [-0.2, 0) is 6.42 Å². The maximum atomic E-state index is 3.19. The smallest absolute Gasteiger partial charge is 0.00519 e. The highest BCUT2D eigenvalue weighted by Gasteiger charge is 1.93. The van der Waals surface area contributed by atoms with Gasteiger partial charge in [-0.2, -0.15) is 0 Å². The van der Waals surface area contributed by atoms with Crippen molar-refractivity contribution in [1.82, 2.24) is 5.32 Å². The van der Waals surface area contributed by atoms with E-state index in [4.69, 9.17) is 0 Å². The number of hydrogen-bond donors (Lipinski definition) is 1. The van der Waals surface area contributed by atoms with Gasteiger partial charge in [0.15, 0.2) is 0 Å². The van der Waals surface area contributed by atoms with Crippen LogP contribution >= 0.6 is 0 Å². The Kier molecular flexibility index (Phi) is 7.79. The van der Waals surface area contributed by atoms with Gasteiger partial charge in [-0.25, -0.2) is 0 Å². The average molecular weight is 219 g/mol. The molecular weight excluding hydrogens is 194 g/mol. The van der Waals surface area contributed by atoms with Crippen LogP contribution in [0.3, 0.4) is 0 Å². The second kappa shape index (κ2) is 9.41. The fraction of sp³-hybridized carbons (Fsp3) is 0.600. The molecule has 0 aliphatic carbocycles. The summed E-state index contributed by atoms with van der Waals surface area (Å²) in [4.78, 5) is 0. The van der Waals surface area contributed by atoms with Crippen molar-refractivity contribution in [3.63, 3.8) is 0 Å². The fourth-order valence-electron chi connectivity index (χ4n) is 1.98. The van der Waals surface area contributed by atoms with E-state index in [-0.39, 0.29) is 0 Å². The molecule has 0 aliphatic rings. The first-order chi connectivity index (χ1) is 7.93. The Bertz CT molecular complexity index is 243. The molecule has 0 saturated heterocycles. The van der Waals surface area contributed by atoms with E-state index in [0.29, 0.717) is 0 Å². The summed E-state index contributed by atoms with van der Waals surface area (Å²) >= 11 is 0. The van der Waals surface area contributed by atoms with Crippen molar-refractivity contribution in [1.29, 1.82) is 0 Å². The molecule has 1 N–H and O–H groups in total. The van der Waals surface area contributed by atoms with E-state index in [9.17, 15) is 0 Å². The molecule has 0 aromatic heterocycles. The first-order valence-corrected chi connectivity index (χ1v) is 6.62. The number of aryl methyl sites for hydroxylation is 1. The summed E-state index contributed by atoms with van der Waals surface area (Å²) in [5.74, 6) is 0. The Hall–Kier alpha value is -0.820. The van der Waals surface area contributed by atoms with E-state index in [0.717, 1.165) is 0 Å². The lowest BCUT2D eigenvalue weighted by atomic mass is 10.1. The Balaban J connectivity index is 1.89. The highest BCUT2D eigenvalue weighted by Crippen LogP contribution is 2.09. The molecule has 0 fully saturated rings. The monoisotopic (exact) mass is 219 g/mol.